The molecule has 0 bridgehead atoms. The summed E-state index contributed by atoms with van der Waals surface area (Å²) in [4.78, 5) is 11.1. The molecule has 1 aromatic heterocycles. The molecule has 0 unspecified atom stereocenters. The highest BCUT2D eigenvalue weighted by Crippen LogP contribution is 2.22. The number of nitrogens with one attached hydrogen (secondary N) is 1. The van der Waals surface area contributed by atoms with Gasteiger partial charge in [0.05, 0.1) is 10.5 Å². The second-order valence-corrected chi connectivity index (χ2v) is 7.22. The van der Waals surface area contributed by atoms with E-state index in [2.05, 4.69) is 14.9 Å². The van der Waals surface area contributed by atoms with Crippen molar-refractivity contribution in [2.45, 2.75) is 18.4 Å². The van der Waals surface area contributed by atoms with E-state index >= 15 is 0 Å². The van der Waals surface area contributed by atoms with E-state index in [0.717, 1.165) is 6.07 Å². The highest BCUT2D eigenvalue weighted by atomic mass is 32.2. The Morgan fingerprint density at radius 2 is 1.96 bits per heavy atom. The van der Waals surface area contributed by atoms with Crippen LogP contribution in [0.5, 0.6) is 5.75 Å². The van der Waals surface area contributed by atoms with E-state index in [1.54, 1.807) is 19.1 Å². The van der Waals surface area contributed by atoms with Gasteiger partial charge in [-0.1, -0.05) is 6.07 Å². The van der Waals surface area contributed by atoms with Gasteiger partial charge in [-0.2, -0.15) is 0 Å². The van der Waals surface area contributed by atoms with Crippen molar-refractivity contribution < 1.29 is 27.5 Å². The third-order valence-electron chi connectivity index (χ3n) is 3.62. The molecule has 140 valence electrons. The summed E-state index contributed by atoms with van der Waals surface area (Å²) < 4.78 is 37.8. The van der Waals surface area contributed by atoms with Gasteiger partial charge < -0.3 is 14.3 Å². The highest BCUT2D eigenvalue weighted by Gasteiger charge is 2.18. The van der Waals surface area contributed by atoms with Crippen molar-refractivity contribution in [2.75, 3.05) is 4.72 Å². The Morgan fingerprint density at radius 3 is 2.59 bits per heavy atom. The maximum absolute atomic E-state index is 12.5. The number of aromatic carboxylic acids is 1. The number of benzene rings is 2. The molecule has 0 saturated heterocycles. The van der Waals surface area contributed by atoms with Crippen LogP contribution in [0.2, 0.25) is 0 Å². The zero-order valence-corrected chi connectivity index (χ0v) is 14.9. The van der Waals surface area contributed by atoms with E-state index in [0.29, 0.717) is 22.9 Å². The van der Waals surface area contributed by atoms with Crippen molar-refractivity contribution in [1.82, 2.24) is 10.2 Å². The fraction of sp³-hybridized carbons (Fsp3) is 0.118. The van der Waals surface area contributed by atoms with Gasteiger partial charge in [0.25, 0.3) is 15.9 Å². The molecular weight excluding hydrogens is 374 g/mol. The van der Waals surface area contributed by atoms with E-state index in [1.165, 1.54) is 30.7 Å². The summed E-state index contributed by atoms with van der Waals surface area (Å²) in [7, 11) is -3.93. The lowest BCUT2D eigenvalue weighted by molar-refractivity contribution is 0.0696. The fourth-order valence-electron chi connectivity index (χ4n) is 2.24. The van der Waals surface area contributed by atoms with E-state index in [-0.39, 0.29) is 17.1 Å². The number of hydrogen-bond acceptors (Lipinski definition) is 7. The van der Waals surface area contributed by atoms with Crippen LogP contribution in [-0.4, -0.2) is 29.7 Å². The Labute approximate surface area is 154 Å². The lowest BCUT2D eigenvalue weighted by Gasteiger charge is -2.10. The molecule has 2 N–H and O–H groups in total. The second kappa shape index (κ2) is 7.46. The molecule has 0 spiro atoms. The number of hydrogen-bond donors (Lipinski definition) is 2. The average molecular weight is 389 g/mol. The quantitative estimate of drug-likeness (QED) is 0.630. The topological polar surface area (TPSA) is 132 Å². The van der Waals surface area contributed by atoms with Gasteiger partial charge in [0.2, 0.25) is 6.39 Å². The number of anilines is 1. The first-order valence-electron chi connectivity index (χ1n) is 7.70. The second-order valence-electron chi connectivity index (χ2n) is 5.53. The van der Waals surface area contributed by atoms with Crippen molar-refractivity contribution >= 4 is 21.7 Å². The predicted molar refractivity (Wildman–Crippen MR) is 94.0 cm³/mol. The summed E-state index contributed by atoms with van der Waals surface area (Å²) in [6.07, 6.45) is 1.19. The Morgan fingerprint density at radius 1 is 1.22 bits per heavy atom. The van der Waals surface area contributed by atoms with Gasteiger partial charge >= 0.3 is 5.97 Å². The molecule has 0 radical (unpaired) electrons. The van der Waals surface area contributed by atoms with Gasteiger partial charge in [-0.05, 0) is 48.9 Å². The van der Waals surface area contributed by atoms with E-state index in [4.69, 9.17) is 14.3 Å². The van der Waals surface area contributed by atoms with Crippen LogP contribution in [0.15, 0.2) is 58.2 Å². The largest absolute Gasteiger partial charge is 0.484 e. The lowest BCUT2D eigenvalue weighted by Crippen LogP contribution is -2.14. The van der Waals surface area contributed by atoms with Crippen LogP contribution >= 0.6 is 0 Å². The number of aromatic nitrogens is 2. The normalized spacial score (nSPS) is 11.1. The molecule has 0 aliphatic carbocycles. The van der Waals surface area contributed by atoms with Crippen LogP contribution in [0.25, 0.3) is 0 Å². The third-order valence-corrected chi connectivity index (χ3v) is 5.00. The number of rotatable bonds is 7. The number of nitrogens with zero attached hydrogens (tertiary/aromatic N) is 2. The summed E-state index contributed by atoms with van der Waals surface area (Å²) in [6.45, 7) is 1.69. The monoisotopic (exact) mass is 389 g/mol. The summed E-state index contributed by atoms with van der Waals surface area (Å²) in [5.41, 5.74) is 0.712. The molecule has 0 aliphatic heterocycles. The molecule has 2 aromatic carbocycles. The van der Waals surface area contributed by atoms with Gasteiger partial charge in [-0.25, -0.2) is 13.2 Å². The molecule has 3 aromatic rings. The molecule has 10 heteroatoms. The lowest BCUT2D eigenvalue weighted by atomic mass is 10.1. The maximum atomic E-state index is 12.5. The Balaban J connectivity index is 1.72. The zero-order valence-electron chi connectivity index (χ0n) is 14.1. The van der Waals surface area contributed by atoms with Crippen molar-refractivity contribution in [3.63, 3.8) is 0 Å². The first-order valence-corrected chi connectivity index (χ1v) is 9.18. The first-order chi connectivity index (χ1) is 12.8. The van der Waals surface area contributed by atoms with E-state index in [9.17, 15) is 13.2 Å². The highest BCUT2D eigenvalue weighted by molar-refractivity contribution is 7.92. The standard InChI is InChI=1S/C17H15N3O6S/c1-11-2-7-14(8-15(11)17(21)22)27(23,24)20-12-3-5-13(6-4-12)25-9-16-19-18-10-26-16/h2-8,10,20H,9H2,1H3,(H,21,22). The van der Waals surface area contributed by atoms with Crippen LogP contribution in [0, 0.1) is 6.92 Å². The van der Waals surface area contributed by atoms with Crippen molar-refractivity contribution in [1.29, 1.82) is 0 Å². The summed E-state index contributed by atoms with van der Waals surface area (Å²) >= 11 is 0. The molecule has 0 saturated carbocycles. The molecule has 3 rings (SSSR count). The summed E-state index contributed by atoms with van der Waals surface area (Å²) in [5, 5.41) is 16.4. The molecule has 0 fully saturated rings. The maximum Gasteiger partial charge on any atom is 0.335 e. The Kier molecular flexibility index (Phi) is 5.08. The van der Waals surface area contributed by atoms with Crippen LogP contribution in [-0.2, 0) is 16.6 Å². The van der Waals surface area contributed by atoms with Gasteiger partial charge in [0.15, 0.2) is 6.61 Å². The van der Waals surface area contributed by atoms with Crippen LogP contribution < -0.4 is 9.46 Å². The number of carbonyl (C=O) groups is 1. The molecule has 9 nitrogen and oxygen atoms in total. The van der Waals surface area contributed by atoms with Crippen LogP contribution in [0.1, 0.15) is 21.8 Å². The average Bonchev–Trinajstić information content (AvgIpc) is 3.14. The molecule has 27 heavy (non-hydrogen) atoms. The number of carboxylic acid groups (broad SMARTS) is 1. The van der Waals surface area contributed by atoms with Gasteiger partial charge in [-0.15, -0.1) is 10.2 Å². The molecule has 1 heterocycles. The van der Waals surface area contributed by atoms with Crippen molar-refractivity contribution in [3.8, 4) is 5.75 Å². The Bertz CT molecular complexity index is 1050. The number of aryl methyl sites for hydroxylation is 1. The number of carboxylic acids is 1. The van der Waals surface area contributed by atoms with Crippen molar-refractivity contribution in [3.05, 3.63) is 65.9 Å². The molecular formula is C17H15N3O6S. The summed E-state index contributed by atoms with van der Waals surface area (Å²) in [6, 6.07) is 10.1. The minimum Gasteiger partial charge on any atom is -0.484 e. The van der Waals surface area contributed by atoms with Gasteiger partial charge in [0, 0.05) is 5.69 Å². The SMILES string of the molecule is Cc1ccc(S(=O)(=O)Nc2ccc(OCc3nnco3)cc2)cc1C(=O)O. The fourth-order valence-corrected chi connectivity index (χ4v) is 3.32. The third kappa shape index (κ3) is 4.42. The minimum atomic E-state index is -3.93. The van der Waals surface area contributed by atoms with E-state index < -0.39 is 16.0 Å². The zero-order chi connectivity index (χ0) is 19.4. The van der Waals surface area contributed by atoms with Gasteiger partial charge in [-0.3, -0.25) is 4.72 Å². The minimum absolute atomic E-state index is 0.0670. The first kappa shape index (κ1) is 18.4. The van der Waals surface area contributed by atoms with Crippen LogP contribution in [0.3, 0.4) is 0 Å². The van der Waals surface area contributed by atoms with E-state index in [1.807, 2.05) is 0 Å². The van der Waals surface area contributed by atoms with Crippen LogP contribution in [0.4, 0.5) is 5.69 Å². The predicted octanol–water partition coefficient (Wildman–Crippen LogP) is 2.46. The number of sulfonamides is 1. The van der Waals surface area contributed by atoms with Gasteiger partial charge in [0.1, 0.15) is 5.75 Å². The summed E-state index contributed by atoms with van der Waals surface area (Å²) in [5.74, 6) is -0.389. The number of ether oxygens (including phenoxy) is 1. The van der Waals surface area contributed by atoms with Crippen molar-refractivity contribution in [2.24, 2.45) is 0 Å². The molecule has 0 aliphatic rings. The Hall–Kier alpha value is -3.40. The molecule has 0 atom stereocenters. The molecule has 0 amide bonds. The smallest absolute Gasteiger partial charge is 0.335 e.